The number of carbonyl (C=O) groups excluding carboxylic acids is 3. The summed E-state index contributed by atoms with van der Waals surface area (Å²) in [4.78, 5) is 37.5. The van der Waals surface area contributed by atoms with Gasteiger partial charge in [0.15, 0.2) is 0 Å². The molecule has 3 rings (SSSR count). The van der Waals surface area contributed by atoms with E-state index in [1.165, 1.54) is 54.6 Å². The quantitative estimate of drug-likeness (QED) is 0.693. The van der Waals surface area contributed by atoms with Gasteiger partial charge in [0, 0.05) is 5.69 Å². The van der Waals surface area contributed by atoms with E-state index in [1.54, 1.807) is 0 Å². The van der Waals surface area contributed by atoms with E-state index in [2.05, 4.69) is 5.32 Å². The van der Waals surface area contributed by atoms with Gasteiger partial charge >= 0.3 is 0 Å². The number of hydrogen-bond donors (Lipinski definition) is 2. The molecule has 3 amide bonds. The Morgan fingerprint density at radius 2 is 1.72 bits per heavy atom. The molecule has 2 aromatic carbocycles. The zero-order valence-electron chi connectivity index (χ0n) is 14.7. The average Bonchev–Trinajstić information content (AvgIpc) is 2.91. The van der Waals surface area contributed by atoms with Crippen LogP contribution in [0.15, 0.2) is 58.3 Å². The number of rotatable bonds is 5. The van der Waals surface area contributed by atoms with Crippen molar-refractivity contribution in [3.63, 3.8) is 0 Å². The number of primary sulfonamides is 1. The number of hydrogen-bond acceptors (Lipinski definition) is 6. The first-order chi connectivity index (χ1) is 13.6. The molecule has 11 heteroatoms. The predicted molar refractivity (Wildman–Crippen MR) is 106 cm³/mol. The first kappa shape index (κ1) is 20.7. The number of imide groups is 1. The fourth-order valence-electron chi connectivity index (χ4n) is 2.42. The summed E-state index contributed by atoms with van der Waals surface area (Å²) in [5.74, 6) is -1.70. The van der Waals surface area contributed by atoms with Gasteiger partial charge in [-0.3, -0.25) is 19.3 Å². The number of carbonyl (C=O) groups is 3. The minimum Gasteiger partial charge on any atom is -0.325 e. The molecule has 0 atom stereocenters. The lowest BCUT2D eigenvalue weighted by Crippen LogP contribution is -2.36. The Kier molecular flexibility index (Phi) is 5.82. The standard InChI is InChI=1S/C18H14FN3O5S2/c19-12-3-1-11(2-4-12)9-15-17(24)22(18(25)28-15)10-16(23)21-13-5-7-14(8-6-13)29(20,26)27/h1-9H,10H2,(H,21,23)(H2,20,26,27)/b15-9-. The average molecular weight is 435 g/mol. The van der Waals surface area contributed by atoms with E-state index in [4.69, 9.17) is 5.14 Å². The predicted octanol–water partition coefficient (Wildman–Crippen LogP) is 2.15. The second kappa shape index (κ2) is 8.15. The highest BCUT2D eigenvalue weighted by molar-refractivity contribution is 8.18. The monoisotopic (exact) mass is 435 g/mol. The van der Waals surface area contributed by atoms with Crippen LogP contribution in [0.5, 0.6) is 0 Å². The maximum absolute atomic E-state index is 13.0. The Balaban J connectivity index is 1.66. The van der Waals surface area contributed by atoms with Gasteiger partial charge in [-0.15, -0.1) is 0 Å². The van der Waals surface area contributed by atoms with Gasteiger partial charge in [-0.05, 0) is 59.8 Å². The van der Waals surface area contributed by atoms with Crippen LogP contribution < -0.4 is 10.5 Å². The molecule has 8 nitrogen and oxygen atoms in total. The molecule has 0 saturated carbocycles. The zero-order valence-corrected chi connectivity index (χ0v) is 16.3. The molecule has 0 aliphatic carbocycles. The number of nitrogens with zero attached hydrogens (tertiary/aromatic N) is 1. The Bertz CT molecular complexity index is 1110. The molecule has 0 spiro atoms. The number of benzene rings is 2. The molecule has 29 heavy (non-hydrogen) atoms. The largest absolute Gasteiger partial charge is 0.325 e. The SMILES string of the molecule is NS(=O)(=O)c1ccc(NC(=O)CN2C(=O)S/C(=C\c3ccc(F)cc3)C2=O)cc1. The van der Waals surface area contributed by atoms with Crippen molar-refractivity contribution >= 4 is 50.6 Å². The summed E-state index contributed by atoms with van der Waals surface area (Å²) in [5.41, 5.74) is 0.813. The van der Waals surface area contributed by atoms with Crippen LogP contribution in [-0.4, -0.2) is 36.9 Å². The lowest BCUT2D eigenvalue weighted by Gasteiger charge is -2.12. The van der Waals surface area contributed by atoms with E-state index in [-0.39, 0.29) is 15.5 Å². The van der Waals surface area contributed by atoms with Crippen LogP contribution in [0.1, 0.15) is 5.56 Å². The highest BCUT2D eigenvalue weighted by atomic mass is 32.2. The Morgan fingerprint density at radius 3 is 2.31 bits per heavy atom. The fraction of sp³-hybridized carbons (Fsp3) is 0.0556. The number of anilines is 1. The molecule has 0 bridgehead atoms. The van der Waals surface area contributed by atoms with E-state index in [1.807, 2.05) is 0 Å². The van der Waals surface area contributed by atoms with Crippen molar-refractivity contribution in [3.8, 4) is 0 Å². The van der Waals surface area contributed by atoms with Crippen molar-refractivity contribution in [1.82, 2.24) is 4.90 Å². The second-order valence-electron chi connectivity index (χ2n) is 5.94. The van der Waals surface area contributed by atoms with Gasteiger partial charge in [0.05, 0.1) is 9.80 Å². The van der Waals surface area contributed by atoms with E-state index in [0.717, 1.165) is 4.90 Å². The third kappa shape index (κ3) is 5.08. The third-order valence-corrected chi connectivity index (χ3v) is 5.65. The number of amides is 3. The first-order valence-corrected chi connectivity index (χ1v) is 10.4. The van der Waals surface area contributed by atoms with Gasteiger partial charge in [0.1, 0.15) is 12.4 Å². The van der Waals surface area contributed by atoms with Crippen molar-refractivity contribution in [2.45, 2.75) is 4.90 Å². The summed E-state index contributed by atoms with van der Waals surface area (Å²) in [6, 6.07) is 10.5. The van der Waals surface area contributed by atoms with Crippen LogP contribution >= 0.6 is 11.8 Å². The topological polar surface area (TPSA) is 127 Å². The molecule has 0 radical (unpaired) electrons. The van der Waals surface area contributed by atoms with Gasteiger partial charge in [0.25, 0.3) is 11.1 Å². The third-order valence-electron chi connectivity index (χ3n) is 3.81. The maximum Gasteiger partial charge on any atom is 0.294 e. The van der Waals surface area contributed by atoms with Crippen LogP contribution in [0.4, 0.5) is 14.9 Å². The molecule has 0 aromatic heterocycles. The lowest BCUT2D eigenvalue weighted by molar-refractivity contribution is -0.127. The van der Waals surface area contributed by atoms with Crippen LogP contribution in [0, 0.1) is 5.82 Å². The zero-order chi connectivity index (χ0) is 21.2. The van der Waals surface area contributed by atoms with Gasteiger partial charge in [-0.2, -0.15) is 0 Å². The van der Waals surface area contributed by atoms with Gasteiger partial charge in [0.2, 0.25) is 15.9 Å². The van der Waals surface area contributed by atoms with E-state index < -0.39 is 39.4 Å². The van der Waals surface area contributed by atoms with Gasteiger partial charge in [-0.25, -0.2) is 17.9 Å². The second-order valence-corrected chi connectivity index (χ2v) is 8.49. The summed E-state index contributed by atoms with van der Waals surface area (Å²) in [5, 5.41) is 6.86. The van der Waals surface area contributed by atoms with Crippen molar-refractivity contribution in [1.29, 1.82) is 0 Å². The Hall–Kier alpha value is -3.02. The number of sulfonamides is 1. The van der Waals surface area contributed by atoms with Gasteiger partial charge < -0.3 is 5.32 Å². The van der Waals surface area contributed by atoms with Gasteiger partial charge in [-0.1, -0.05) is 12.1 Å². The molecule has 150 valence electrons. The van der Waals surface area contributed by atoms with Crippen LogP contribution in [0.25, 0.3) is 6.08 Å². The molecular formula is C18H14FN3O5S2. The number of halogens is 1. The molecule has 1 saturated heterocycles. The summed E-state index contributed by atoms with van der Waals surface area (Å²) < 4.78 is 35.4. The summed E-state index contributed by atoms with van der Waals surface area (Å²) in [7, 11) is -3.86. The molecule has 2 aromatic rings. The van der Waals surface area contributed by atoms with Crippen molar-refractivity contribution in [3.05, 3.63) is 64.8 Å². The normalized spacial score (nSPS) is 15.8. The highest BCUT2D eigenvalue weighted by Gasteiger charge is 2.36. The molecule has 1 heterocycles. The smallest absolute Gasteiger partial charge is 0.294 e. The van der Waals surface area contributed by atoms with E-state index >= 15 is 0 Å². The molecule has 1 fully saturated rings. The molecule has 0 unspecified atom stereocenters. The number of nitrogens with one attached hydrogen (secondary N) is 1. The minimum atomic E-state index is -3.86. The van der Waals surface area contributed by atoms with Crippen LogP contribution in [-0.2, 0) is 19.6 Å². The van der Waals surface area contributed by atoms with Crippen LogP contribution in [0.3, 0.4) is 0 Å². The minimum absolute atomic E-state index is 0.118. The molecule has 1 aliphatic heterocycles. The van der Waals surface area contributed by atoms with Crippen molar-refractivity contribution < 1.29 is 27.2 Å². The summed E-state index contributed by atoms with van der Waals surface area (Å²) >= 11 is 0.678. The fourth-order valence-corrected chi connectivity index (χ4v) is 3.77. The van der Waals surface area contributed by atoms with E-state index in [0.29, 0.717) is 17.3 Å². The van der Waals surface area contributed by atoms with Crippen molar-refractivity contribution in [2.75, 3.05) is 11.9 Å². The number of thioether (sulfide) groups is 1. The maximum atomic E-state index is 13.0. The molecular weight excluding hydrogens is 421 g/mol. The summed E-state index contributed by atoms with van der Waals surface area (Å²) in [6.45, 7) is -0.512. The molecule has 1 aliphatic rings. The first-order valence-electron chi connectivity index (χ1n) is 8.07. The Labute approximate surface area is 169 Å². The van der Waals surface area contributed by atoms with E-state index in [9.17, 15) is 27.2 Å². The van der Waals surface area contributed by atoms with Crippen molar-refractivity contribution in [2.24, 2.45) is 5.14 Å². The Morgan fingerprint density at radius 1 is 1.10 bits per heavy atom. The summed E-state index contributed by atoms with van der Waals surface area (Å²) in [6.07, 6.45) is 1.44. The highest BCUT2D eigenvalue weighted by Crippen LogP contribution is 2.32. The lowest BCUT2D eigenvalue weighted by atomic mass is 10.2. The number of nitrogens with two attached hydrogens (primary N) is 1. The van der Waals surface area contributed by atoms with Crippen LogP contribution in [0.2, 0.25) is 0 Å². The molecule has 3 N–H and O–H groups in total.